The third-order valence-corrected chi connectivity index (χ3v) is 5.55. The maximum absolute atomic E-state index is 12.7. The summed E-state index contributed by atoms with van der Waals surface area (Å²) >= 11 is 0. The van der Waals surface area contributed by atoms with Crippen molar-refractivity contribution in [1.82, 2.24) is 0 Å². The molecule has 2 aromatic rings. The van der Waals surface area contributed by atoms with E-state index in [9.17, 15) is 13.2 Å². The highest BCUT2D eigenvalue weighted by Gasteiger charge is 2.32. The van der Waals surface area contributed by atoms with Gasteiger partial charge in [-0.25, -0.2) is 8.42 Å². The fraction of sp³-hybridized carbons (Fsp3) is 0.316. The summed E-state index contributed by atoms with van der Waals surface area (Å²) in [5.74, 6) is 1.09. The van der Waals surface area contributed by atoms with E-state index in [0.717, 1.165) is 0 Å². The van der Waals surface area contributed by atoms with Crippen molar-refractivity contribution in [2.24, 2.45) is 0 Å². The molecule has 0 saturated heterocycles. The first-order valence-corrected chi connectivity index (χ1v) is 9.75. The van der Waals surface area contributed by atoms with Gasteiger partial charge in [0.1, 0.15) is 11.4 Å². The Kier molecular flexibility index (Phi) is 4.77. The molecule has 0 fully saturated rings. The maximum atomic E-state index is 12.7. The van der Waals surface area contributed by atoms with Gasteiger partial charge in [-0.15, -0.1) is 0 Å². The molecular formula is C19H21NO6S. The highest BCUT2D eigenvalue weighted by molar-refractivity contribution is 7.92. The van der Waals surface area contributed by atoms with Gasteiger partial charge < -0.3 is 14.2 Å². The lowest BCUT2D eigenvalue weighted by molar-refractivity contribution is 0.0620. The molecule has 0 unspecified atom stereocenters. The summed E-state index contributed by atoms with van der Waals surface area (Å²) < 4.78 is 43.9. The third kappa shape index (κ3) is 3.85. The molecule has 1 N–H and O–H groups in total. The van der Waals surface area contributed by atoms with E-state index < -0.39 is 15.6 Å². The predicted octanol–water partition coefficient (Wildman–Crippen LogP) is 3.25. The number of nitrogens with one attached hydrogen (secondary N) is 1. The van der Waals surface area contributed by atoms with Crippen LogP contribution in [0.3, 0.4) is 0 Å². The van der Waals surface area contributed by atoms with Crippen LogP contribution in [0.4, 0.5) is 5.69 Å². The second-order valence-electron chi connectivity index (χ2n) is 6.79. The number of carbonyl (C=O) groups is 1. The fourth-order valence-corrected chi connectivity index (χ4v) is 3.98. The standard InChI is InChI=1S/C19H21NO6S/c1-19(2)11-15(21)14-9-12(5-7-16(14)26-19)20-27(22,23)13-6-8-17(24-3)18(10-13)25-4/h5-10,20H,11H2,1-4H3. The average molecular weight is 391 g/mol. The smallest absolute Gasteiger partial charge is 0.262 e. The van der Waals surface area contributed by atoms with Crippen LogP contribution in [0.2, 0.25) is 0 Å². The summed E-state index contributed by atoms with van der Waals surface area (Å²) in [6.45, 7) is 3.67. The number of sulfonamides is 1. The second-order valence-corrected chi connectivity index (χ2v) is 8.48. The fourth-order valence-electron chi connectivity index (χ4n) is 2.91. The van der Waals surface area contributed by atoms with Crippen molar-refractivity contribution in [2.75, 3.05) is 18.9 Å². The summed E-state index contributed by atoms with van der Waals surface area (Å²) in [6.07, 6.45) is 0.228. The lowest BCUT2D eigenvalue weighted by Gasteiger charge is -2.31. The van der Waals surface area contributed by atoms with Gasteiger partial charge in [0.15, 0.2) is 17.3 Å². The topological polar surface area (TPSA) is 90.9 Å². The molecule has 3 rings (SSSR count). The SMILES string of the molecule is COc1ccc(S(=O)(=O)Nc2ccc3c(c2)C(=O)CC(C)(C)O3)cc1OC. The molecule has 27 heavy (non-hydrogen) atoms. The Labute approximate surface area is 158 Å². The number of ether oxygens (including phenoxy) is 3. The molecule has 1 aliphatic heterocycles. The molecule has 0 atom stereocenters. The number of carbonyl (C=O) groups excluding carboxylic acids is 1. The molecule has 0 saturated carbocycles. The molecule has 0 bridgehead atoms. The molecule has 0 spiro atoms. The number of methoxy groups -OCH3 is 2. The van der Waals surface area contributed by atoms with Crippen LogP contribution in [0.25, 0.3) is 0 Å². The summed E-state index contributed by atoms with van der Waals surface area (Å²) in [5, 5.41) is 0. The summed E-state index contributed by atoms with van der Waals surface area (Å²) in [6, 6.07) is 8.95. The Bertz CT molecular complexity index is 997. The Morgan fingerprint density at radius 2 is 1.74 bits per heavy atom. The van der Waals surface area contributed by atoms with E-state index in [0.29, 0.717) is 22.8 Å². The van der Waals surface area contributed by atoms with Crippen molar-refractivity contribution in [2.45, 2.75) is 30.8 Å². The Balaban J connectivity index is 1.91. The Hall–Kier alpha value is -2.74. The van der Waals surface area contributed by atoms with Gasteiger partial charge >= 0.3 is 0 Å². The molecule has 8 heteroatoms. The molecule has 144 valence electrons. The zero-order valence-corrected chi connectivity index (χ0v) is 16.3. The van der Waals surface area contributed by atoms with Crippen LogP contribution in [0.15, 0.2) is 41.3 Å². The van der Waals surface area contributed by atoms with E-state index in [1.54, 1.807) is 12.1 Å². The maximum Gasteiger partial charge on any atom is 0.262 e. The van der Waals surface area contributed by atoms with Gasteiger partial charge in [0.05, 0.1) is 31.1 Å². The first-order valence-electron chi connectivity index (χ1n) is 8.26. The first-order chi connectivity index (χ1) is 12.6. The van der Waals surface area contributed by atoms with Crippen LogP contribution in [-0.4, -0.2) is 34.0 Å². The first kappa shape index (κ1) is 19.0. The number of benzene rings is 2. The van der Waals surface area contributed by atoms with Crippen LogP contribution in [-0.2, 0) is 10.0 Å². The number of Topliss-reactive ketones (excluding diaryl/α,β-unsaturated/α-hetero) is 1. The third-order valence-electron chi connectivity index (χ3n) is 4.17. The second kappa shape index (κ2) is 6.77. The number of anilines is 1. The molecule has 0 aliphatic carbocycles. The molecular weight excluding hydrogens is 370 g/mol. The van der Waals surface area contributed by atoms with Gasteiger partial charge in [0.2, 0.25) is 0 Å². The van der Waals surface area contributed by atoms with E-state index in [4.69, 9.17) is 14.2 Å². The quantitative estimate of drug-likeness (QED) is 0.841. The van der Waals surface area contributed by atoms with Crippen molar-refractivity contribution in [3.63, 3.8) is 0 Å². The molecule has 0 aromatic heterocycles. The van der Waals surface area contributed by atoms with Gasteiger partial charge in [0.25, 0.3) is 10.0 Å². The van der Waals surface area contributed by atoms with E-state index >= 15 is 0 Å². The molecule has 1 heterocycles. The van der Waals surface area contributed by atoms with Gasteiger partial charge in [-0.05, 0) is 44.2 Å². The van der Waals surface area contributed by atoms with Crippen molar-refractivity contribution in [3.8, 4) is 17.2 Å². The molecule has 7 nitrogen and oxygen atoms in total. The lowest BCUT2D eigenvalue weighted by Crippen LogP contribution is -2.35. The Morgan fingerprint density at radius 3 is 2.41 bits per heavy atom. The summed E-state index contributed by atoms with van der Waals surface area (Å²) in [5.41, 5.74) is 0.0621. The number of hydrogen-bond donors (Lipinski definition) is 1. The minimum absolute atomic E-state index is 0.0154. The highest BCUT2D eigenvalue weighted by Crippen LogP contribution is 2.35. The van der Waals surface area contributed by atoms with Crippen molar-refractivity contribution < 1.29 is 27.4 Å². The minimum Gasteiger partial charge on any atom is -0.493 e. The summed E-state index contributed by atoms with van der Waals surface area (Å²) in [7, 11) is -0.977. The normalized spacial score (nSPS) is 15.5. The van der Waals surface area contributed by atoms with Gasteiger partial charge in [-0.1, -0.05) is 0 Å². The molecule has 2 aromatic carbocycles. The monoisotopic (exact) mass is 391 g/mol. The van der Waals surface area contributed by atoms with E-state index in [-0.39, 0.29) is 22.8 Å². The number of fused-ring (bicyclic) bond motifs is 1. The predicted molar refractivity (Wildman–Crippen MR) is 100 cm³/mol. The number of ketones is 1. The van der Waals surface area contributed by atoms with Crippen LogP contribution >= 0.6 is 0 Å². The molecule has 0 amide bonds. The number of hydrogen-bond acceptors (Lipinski definition) is 6. The lowest BCUT2D eigenvalue weighted by atomic mass is 9.93. The van der Waals surface area contributed by atoms with Gasteiger partial charge in [-0.2, -0.15) is 0 Å². The highest BCUT2D eigenvalue weighted by atomic mass is 32.2. The van der Waals surface area contributed by atoms with Gasteiger partial charge in [0, 0.05) is 11.8 Å². The Morgan fingerprint density at radius 1 is 1.04 bits per heavy atom. The molecule has 0 radical (unpaired) electrons. The van der Waals surface area contributed by atoms with Crippen LogP contribution < -0.4 is 18.9 Å². The van der Waals surface area contributed by atoms with Gasteiger partial charge in [-0.3, -0.25) is 9.52 Å². The van der Waals surface area contributed by atoms with Crippen molar-refractivity contribution in [1.29, 1.82) is 0 Å². The zero-order valence-electron chi connectivity index (χ0n) is 15.5. The average Bonchev–Trinajstić information content (AvgIpc) is 2.60. The molecule has 1 aliphatic rings. The minimum atomic E-state index is -3.88. The van der Waals surface area contributed by atoms with Crippen molar-refractivity contribution >= 4 is 21.5 Å². The zero-order chi connectivity index (χ0) is 19.8. The number of rotatable bonds is 5. The van der Waals surface area contributed by atoms with Crippen LogP contribution in [0.5, 0.6) is 17.2 Å². The van der Waals surface area contributed by atoms with E-state index in [2.05, 4.69) is 4.72 Å². The largest absolute Gasteiger partial charge is 0.493 e. The summed E-state index contributed by atoms with van der Waals surface area (Å²) in [4.78, 5) is 12.4. The van der Waals surface area contributed by atoms with Crippen LogP contribution in [0.1, 0.15) is 30.6 Å². The van der Waals surface area contributed by atoms with E-state index in [1.807, 2.05) is 13.8 Å². The van der Waals surface area contributed by atoms with E-state index in [1.165, 1.54) is 38.5 Å². The van der Waals surface area contributed by atoms with Crippen molar-refractivity contribution in [3.05, 3.63) is 42.0 Å². The van der Waals surface area contributed by atoms with Crippen LogP contribution in [0, 0.1) is 0 Å².